The highest BCUT2D eigenvalue weighted by Crippen LogP contribution is 2.17. The highest BCUT2D eigenvalue weighted by atomic mass is 16.5. The summed E-state index contributed by atoms with van der Waals surface area (Å²) in [5, 5.41) is 8.64. The maximum atomic E-state index is 8.64. The molecule has 72 valence electrons. The van der Waals surface area contributed by atoms with E-state index in [-0.39, 0.29) is 0 Å². The molecule has 0 N–H and O–H groups in total. The van der Waals surface area contributed by atoms with E-state index in [1.54, 1.807) is 0 Å². The standard InChI is InChI=1S/C12H13NO/c13-9-11-5-3-10(4-6-11)8-12-2-1-7-14-12/h3-6,12H,1-2,7-8H2. The number of hydrogen-bond acceptors (Lipinski definition) is 2. The molecule has 0 saturated carbocycles. The van der Waals surface area contributed by atoms with Crippen LogP contribution in [0.25, 0.3) is 0 Å². The van der Waals surface area contributed by atoms with Gasteiger partial charge in [0, 0.05) is 6.61 Å². The molecule has 2 heteroatoms. The summed E-state index contributed by atoms with van der Waals surface area (Å²) >= 11 is 0. The molecule has 14 heavy (non-hydrogen) atoms. The Morgan fingerprint density at radius 2 is 2.14 bits per heavy atom. The highest BCUT2D eigenvalue weighted by Gasteiger charge is 2.15. The molecule has 1 aromatic carbocycles. The van der Waals surface area contributed by atoms with Crippen molar-refractivity contribution in [2.45, 2.75) is 25.4 Å². The first kappa shape index (κ1) is 9.23. The van der Waals surface area contributed by atoms with Gasteiger partial charge in [0.25, 0.3) is 0 Å². The van der Waals surface area contributed by atoms with Gasteiger partial charge < -0.3 is 4.74 Å². The van der Waals surface area contributed by atoms with Gasteiger partial charge in [-0.1, -0.05) is 12.1 Å². The van der Waals surface area contributed by atoms with Gasteiger partial charge in [-0.3, -0.25) is 0 Å². The summed E-state index contributed by atoms with van der Waals surface area (Å²) < 4.78 is 5.55. The van der Waals surface area contributed by atoms with Crippen LogP contribution in [0.1, 0.15) is 24.0 Å². The van der Waals surface area contributed by atoms with Gasteiger partial charge in [-0.05, 0) is 37.0 Å². The summed E-state index contributed by atoms with van der Waals surface area (Å²) in [5.74, 6) is 0. The zero-order valence-electron chi connectivity index (χ0n) is 8.07. The van der Waals surface area contributed by atoms with Crippen LogP contribution in [0.3, 0.4) is 0 Å². The van der Waals surface area contributed by atoms with E-state index in [4.69, 9.17) is 10.00 Å². The Balaban J connectivity index is 1.99. The molecule has 1 heterocycles. The van der Waals surface area contributed by atoms with E-state index in [1.165, 1.54) is 18.4 Å². The lowest BCUT2D eigenvalue weighted by molar-refractivity contribution is 0.111. The zero-order chi connectivity index (χ0) is 9.80. The normalized spacial score (nSPS) is 20.6. The Bertz CT molecular complexity index is 330. The van der Waals surface area contributed by atoms with Crippen LogP contribution in [0.4, 0.5) is 0 Å². The molecule has 0 aliphatic carbocycles. The molecule has 1 atom stereocenters. The highest BCUT2D eigenvalue weighted by molar-refractivity contribution is 5.31. The third kappa shape index (κ3) is 2.12. The summed E-state index contributed by atoms with van der Waals surface area (Å²) in [6, 6.07) is 9.88. The van der Waals surface area contributed by atoms with Gasteiger partial charge in [0.2, 0.25) is 0 Å². The van der Waals surface area contributed by atoms with Gasteiger partial charge >= 0.3 is 0 Å². The summed E-state index contributed by atoms with van der Waals surface area (Å²) in [5.41, 5.74) is 1.98. The molecule has 0 spiro atoms. The van der Waals surface area contributed by atoms with E-state index in [2.05, 4.69) is 6.07 Å². The molecule has 0 radical (unpaired) electrons. The number of rotatable bonds is 2. The quantitative estimate of drug-likeness (QED) is 0.711. The van der Waals surface area contributed by atoms with Crippen LogP contribution >= 0.6 is 0 Å². The number of ether oxygens (including phenoxy) is 1. The van der Waals surface area contributed by atoms with Crippen LogP contribution in [0, 0.1) is 11.3 Å². The molecule has 0 aromatic heterocycles. The van der Waals surface area contributed by atoms with Crippen molar-refractivity contribution in [2.24, 2.45) is 0 Å². The largest absolute Gasteiger partial charge is 0.378 e. The van der Waals surface area contributed by atoms with Crippen LogP contribution in [-0.2, 0) is 11.2 Å². The van der Waals surface area contributed by atoms with Crippen LogP contribution in [0.2, 0.25) is 0 Å². The second-order valence-electron chi connectivity index (χ2n) is 3.65. The third-order valence-electron chi connectivity index (χ3n) is 2.57. The number of nitriles is 1. The van der Waals surface area contributed by atoms with Crippen molar-refractivity contribution >= 4 is 0 Å². The van der Waals surface area contributed by atoms with Crippen molar-refractivity contribution in [3.63, 3.8) is 0 Å². The lowest BCUT2D eigenvalue weighted by Gasteiger charge is -2.08. The molecule has 0 bridgehead atoms. The first-order valence-electron chi connectivity index (χ1n) is 4.99. The van der Waals surface area contributed by atoms with Crippen molar-refractivity contribution in [1.82, 2.24) is 0 Å². The summed E-state index contributed by atoms with van der Waals surface area (Å²) in [7, 11) is 0. The molecule has 2 nitrogen and oxygen atoms in total. The van der Waals surface area contributed by atoms with Gasteiger partial charge in [-0.15, -0.1) is 0 Å². The molecule has 2 rings (SSSR count). The number of nitrogens with zero attached hydrogens (tertiary/aromatic N) is 1. The third-order valence-corrected chi connectivity index (χ3v) is 2.57. The van der Waals surface area contributed by atoms with E-state index in [0.29, 0.717) is 6.10 Å². The first-order valence-corrected chi connectivity index (χ1v) is 4.99. The minimum absolute atomic E-state index is 0.392. The van der Waals surface area contributed by atoms with Crippen LogP contribution < -0.4 is 0 Å². The predicted octanol–water partition coefficient (Wildman–Crippen LogP) is 2.28. The average Bonchev–Trinajstić information content (AvgIpc) is 2.72. The fourth-order valence-corrected chi connectivity index (χ4v) is 1.78. The van der Waals surface area contributed by atoms with Gasteiger partial charge in [0.1, 0.15) is 0 Å². The van der Waals surface area contributed by atoms with E-state index in [0.717, 1.165) is 18.6 Å². The Hall–Kier alpha value is -1.33. The van der Waals surface area contributed by atoms with Gasteiger partial charge in [-0.2, -0.15) is 5.26 Å². The molecule has 1 aromatic rings. The van der Waals surface area contributed by atoms with Crippen molar-refractivity contribution < 1.29 is 4.74 Å². The molecule has 1 saturated heterocycles. The summed E-state index contributed by atoms with van der Waals surface area (Å²) in [6.07, 6.45) is 3.72. The van der Waals surface area contributed by atoms with Crippen molar-refractivity contribution in [3.8, 4) is 6.07 Å². The fourth-order valence-electron chi connectivity index (χ4n) is 1.78. The Morgan fingerprint density at radius 1 is 1.36 bits per heavy atom. The predicted molar refractivity (Wildman–Crippen MR) is 53.8 cm³/mol. The molecule has 0 amide bonds. The topological polar surface area (TPSA) is 33.0 Å². The average molecular weight is 187 g/mol. The Labute approximate surface area is 84.1 Å². The zero-order valence-corrected chi connectivity index (χ0v) is 8.07. The van der Waals surface area contributed by atoms with E-state index < -0.39 is 0 Å². The Kier molecular flexibility index (Phi) is 2.81. The van der Waals surface area contributed by atoms with Gasteiger partial charge in [0.15, 0.2) is 0 Å². The van der Waals surface area contributed by atoms with Crippen LogP contribution in [0.15, 0.2) is 24.3 Å². The second kappa shape index (κ2) is 4.26. The smallest absolute Gasteiger partial charge is 0.0991 e. The lowest BCUT2D eigenvalue weighted by atomic mass is 10.0. The summed E-state index contributed by atoms with van der Waals surface area (Å²) in [4.78, 5) is 0. The van der Waals surface area contributed by atoms with Gasteiger partial charge in [-0.25, -0.2) is 0 Å². The lowest BCUT2D eigenvalue weighted by Crippen LogP contribution is -2.08. The first-order chi connectivity index (χ1) is 6.88. The fraction of sp³-hybridized carbons (Fsp3) is 0.417. The Morgan fingerprint density at radius 3 is 2.71 bits per heavy atom. The van der Waals surface area contributed by atoms with Gasteiger partial charge in [0.05, 0.1) is 17.7 Å². The number of benzene rings is 1. The maximum absolute atomic E-state index is 8.64. The molecular weight excluding hydrogens is 174 g/mol. The van der Waals surface area contributed by atoms with Crippen molar-refractivity contribution in [2.75, 3.05) is 6.61 Å². The second-order valence-corrected chi connectivity index (χ2v) is 3.65. The van der Waals surface area contributed by atoms with E-state index >= 15 is 0 Å². The minimum Gasteiger partial charge on any atom is -0.378 e. The monoisotopic (exact) mass is 187 g/mol. The van der Waals surface area contributed by atoms with Crippen molar-refractivity contribution in [1.29, 1.82) is 5.26 Å². The molecular formula is C12H13NO. The van der Waals surface area contributed by atoms with E-state index in [9.17, 15) is 0 Å². The maximum Gasteiger partial charge on any atom is 0.0991 e. The van der Waals surface area contributed by atoms with Crippen LogP contribution in [0.5, 0.6) is 0 Å². The van der Waals surface area contributed by atoms with Crippen molar-refractivity contribution in [3.05, 3.63) is 35.4 Å². The minimum atomic E-state index is 0.392. The van der Waals surface area contributed by atoms with Crippen LogP contribution in [-0.4, -0.2) is 12.7 Å². The van der Waals surface area contributed by atoms with E-state index in [1.807, 2.05) is 24.3 Å². The molecule has 1 aliphatic rings. The molecule has 1 aliphatic heterocycles. The molecule has 1 fully saturated rings. The number of hydrogen-bond donors (Lipinski definition) is 0. The molecule has 1 unspecified atom stereocenters. The summed E-state index contributed by atoms with van der Waals surface area (Å²) in [6.45, 7) is 0.904. The SMILES string of the molecule is N#Cc1ccc(CC2CCCO2)cc1.